The molecule has 6 rings (SSSR count). The lowest BCUT2D eigenvalue weighted by atomic mass is 9.83. The van der Waals surface area contributed by atoms with Crippen molar-refractivity contribution < 1.29 is 36.5 Å². The van der Waals surface area contributed by atoms with Crippen LogP contribution in [0.1, 0.15) is 75.6 Å². The minimum absolute atomic E-state index is 0.0434. The van der Waals surface area contributed by atoms with Gasteiger partial charge in [-0.05, 0) is 107 Å². The molecule has 3 aliphatic rings. The second-order valence-electron chi connectivity index (χ2n) is 15.8. The van der Waals surface area contributed by atoms with Crippen molar-refractivity contribution in [1.29, 1.82) is 0 Å². The summed E-state index contributed by atoms with van der Waals surface area (Å²) in [5.74, 6) is -0.746. The number of halogens is 1. The van der Waals surface area contributed by atoms with Gasteiger partial charge in [-0.25, -0.2) is 9.37 Å². The molecule has 2 heterocycles. The minimum atomic E-state index is -3.84. The molecule has 1 saturated heterocycles. The van der Waals surface area contributed by atoms with E-state index in [9.17, 15) is 32.3 Å². The van der Waals surface area contributed by atoms with Crippen molar-refractivity contribution in [2.24, 2.45) is 11.8 Å². The van der Waals surface area contributed by atoms with Crippen LogP contribution in [0.15, 0.2) is 58.9 Å². The summed E-state index contributed by atoms with van der Waals surface area (Å²) in [6.45, 7) is 7.78. The number of carbonyl (C=O) groups excluding carboxylic acids is 3. The largest absolute Gasteiger partial charge is 0.391 e. The fourth-order valence-electron chi connectivity index (χ4n) is 7.20. The standard InChI is InChI=1S/C40H51FN4O7S3/c1-25-5-15-32(16-6-25)55(50,51)52-22-28-7-9-29(10-8-28)23-54-39(3,4)35(44-38(49)40(41)17-18-40)37(48)45-21-31(46)19-33(45)36(47)42-20-27-11-13-30(14-12-27)34-26(2)43-24-53-34/h5-6,11-16,24,28-29,31,33,35,46H,7-10,17-23H2,1-4H3,(H,42,47)(H,44,49)/t28?,29?,31-,33+,35-/m1/s1. The smallest absolute Gasteiger partial charge is 0.296 e. The molecule has 0 spiro atoms. The topological polar surface area (TPSA) is 155 Å². The van der Waals surface area contributed by atoms with Crippen molar-refractivity contribution >= 4 is 50.9 Å². The lowest BCUT2D eigenvalue weighted by Gasteiger charge is -2.38. The average Bonchev–Trinajstić information content (AvgIpc) is 3.57. The first-order chi connectivity index (χ1) is 26.0. The Labute approximate surface area is 331 Å². The summed E-state index contributed by atoms with van der Waals surface area (Å²) in [7, 11) is -3.84. The number of carbonyl (C=O) groups is 3. The van der Waals surface area contributed by atoms with Crippen molar-refractivity contribution in [2.45, 2.75) is 113 Å². The van der Waals surface area contributed by atoms with Crippen LogP contribution >= 0.6 is 23.1 Å². The molecule has 3 fully saturated rings. The van der Waals surface area contributed by atoms with E-state index in [0.29, 0.717) is 5.75 Å². The Kier molecular flexibility index (Phi) is 12.8. The van der Waals surface area contributed by atoms with Crippen LogP contribution in [0.25, 0.3) is 10.4 Å². The molecule has 2 saturated carbocycles. The van der Waals surface area contributed by atoms with Crippen molar-refractivity contribution in [3.63, 3.8) is 0 Å². The van der Waals surface area contributed by atoms with E-state index in [2.05, 4.69) is 15.6 Å². The first kappa shape index (κ1) is 41.3. The quantitative estimate of drug-likeness (QED) is 0.164. The molecular weight excluding hydrogens is 764 g/mol. The summed E-state index contributed by atoms with van der Waals surface area (Å²) in [4.78, 5) is 47.9. The number of likely N-dealkylation sites (tertiary alicyclic amines) is 1. The van der Waals surface area contributed by atoms with E-state index in [1.165, 1.54) is 16.7 Å². The Balaban J connectivity index is 1.05. The summed E-state index contributed by atoms with van der Waals surface area (Å²) < 4.78 is 44.9. The highest BCUT2D eigenvalue weighted by atomic mass is 32.2. The molecule has 15 heteroatoms. The summed E-state index contributed by atoms with van der Waals surface area (Å²) in [6.07, 6.45) is 2.55. The summed E-state index contributed by atoms with van der Waals surface area (Å²) in [5.41, 5.74) is 3.60. The number of amides is 3. The molecule has 55 heavy (non-hydrogen) atoms. The Morgan fingerprint density at radius 1 is 1.05 bits per heavy atom. The number of alkyl halides is 1. The number of hydrogen-bond acceptors (Lipinski definition) is 10. The van der Waals surface area contributed by atoms with E-state index in [4.69, 9.17) is 4.18 Å². The maximum Gasteiger partial charge on any atom is 0.296 e. The van der Waals surface area contributed by atoms with Gasteiger partial charge in [0.1, 0.15) is 12.1 Å². The van der Waals surface area contributed by atoms with Gasteiger partial charge < -0.3 is 20.6 Å². The van der Waals surface area contributed by atoms with Gasteiger partial charge in [-0.1, -0.05) is 42.0 Å². The number of nitrogens with one attached hydrogen (secondary N) is 2. The lowest BCUT2D eigenvalue weighted by Crippen LogP contribution is -2.61. The molecule has 3 N–H and O–H groups in total. The number of aliphatic hydroxyl groups excluding tert-OH is 1. The highest BCUT2D eigenvalue weighted by Crippen LogP contribution is 2.42. The first-order valence-corrected chi connectivity index (χ1v) is 22.2. The van der Waals surface area contributed by atoms with Gasteiger partial charge in [0.15, 0.2) is 5.67 Å². The third kappa shape index (κ3) is 10.1. The molecule has 3 atom stereocenters. The fraction of sp³-hybridized carbons (Fsp3) is 0.550. The maximum absolute atomic E-state index is 15.0. The van der Waals surface area contributed by atoms with Gasteiger partial charge in [0.25, 0.3) is 16.0 Å². The molecule has 0 bridgehead atoms. The fourth-order valence-corrected chi connectivity index (χ4v) is 10.3. The molecule has 0 unspecified atom stereocenters. The van der Waals surface area contributed by atoms with Crippen LogP contribution in [0, 0.1) is 25.7 Å². The highest BCUT2D eigenvalue weighted by Gasteiger charge is 2.54. The second kappa shape index (κ2) is 17.0. The molecule has 1 aliphatic heterocycles. The van der Waals surface area contributed by atoms with Crippen LogP contribution in [0.5, 0.6) is 0 Å². The van der Waals surface area contributed by atoms with Crippen molar-refractivity contribution in [3.8, 4) is 10.4 Å². The Bertz CT molecular complexity index is 1940. The number of thiazole rings is 1. The van der Waals surface area contributed by atoms with Crippen molar-refractivity contribution in [2.75, 3.05) is 18.9 Å². The molecule has 2 aliphatic carbocycles. The van der Waals surface area contributed by atoms with Crippen LogP contribution in [0.4, 0.5) is 4.39 Å². The van der Waals surface area contributed by atoms with Crippen LogP contribution < -0.4 is 10.6 Å². The lowest BCUT2D eigenvalue weighted by molar-refractivity contribution is -0.143. The molecular formula is C40H51FN4O7S3. The number of nitrogens with zero attached hydrogens (tertiary/aromatic N) is 2. The number of thioether (sulfide) groups is 1. The maximum atomic E-state index is 15.0. The highest BCUT2D eigenvalue weighted by molar-refractivity contribution is 8.00. The van der Waals surface area contributed by atoms with Gasteiger partial charge in [0, 0.05) is 24.3 Å². The molecule has 3 amide bonds. The summed E-state index contributed by atoms with van der Waals surface area (Å²) in [6, 6.07) is 12.3. The molecule has 2 aromatic carbocycles. The van der Waals surface area contributed by atoms with Crippen LogP contribution in [-0.4, -0.2) is 88.6 Å². The van der Waals surface area contributed by atoms with Gasteiger partial charge in [0.05, 0.1) is 33.7 Å². The van der Waals surface area contributed by atoms with E-state index in [1.54, 1.807) is 41.1 Å². The minimum Gasteiger partial charge on any atom is -0.391 e. The number of aryl methyl sites for hydroxylation is 2. The monoisotopic (exact) mass is 814 g/mol. The number of β-amino-alcohol motifs (C(OH)–C–C–N with tert-alkyl or cyclic N) is 1. The summed E-state index contributed by atoms with van der Waals surface area (Å²) in [5, 5.41) is 16.3. The molecule has 1 aromatic heterocycles. The molecule has 0 radical (unpaired) electrons. The van der Waals surface area contributed by atoms with E-state index in [0.717, 1.165) is 52.9 Å². The predicted molar refractivity (Wildman–Crippen MR) is 212 cm³/mol. The van der Waals surface area contributed by atoms with E-state index in [1.807, 2.05) is 52.0 Å². The van der Waals surface area contributed by atoms with Crippen molar-refractivity contribution in [3.05, 3.63) is 70.9 Å². The Morgan fingerprint density at radius 2 is 1.71 bits per heavy atom. The van der Waals surface area contributed by atoms with Gasteiger partial charge in [-0.3, -0.25) is 18.6 Å². The normalized spacial score (nSPS) is 22.9. The van der Waals surface area contributed by atoms with Gasteiger partial charge in [-0.15, -0.1) is 11.3 Å². The third-order valence-corrected chi connectivity index (χ3v) is 14.9. The van der Waals surface area contributed by atoms with E-state index >= 15 is 0 Å². The number of benzene rings is 2. The number of aliphatic hydroxyl groups is 1. The molecule has 11 nitrogen and oxygen atoms in total. The summed E-state index contributed by atoms with van der Waals surface area (Å²) >= 11 is 3.07. The predicted octanol–water partition coefficient (Wildman–Crippen LogP) is 5.72. The zero-order chi connectivity index (χ0) is 39.5. The SMILES string of the molecule is Cc1ccc(S(=O)(=O)OCC2CCC(CSC(C)(C)[C@H](NC(=O)C3(F)CC3)C(=O)N3C[C@H](O)C[C@H]3C(=O)NCc3ccc(-c4scnc4C)cc3)CC2)cc1. The van der Waals surface area contributed by atoms with E-state index in [-0.39, 0.29) is 55.7 Å². The van der Waals surface area contributed by atoms with Crippen LogP contribution in [0.3, 0.4) is 0 Å². The third-order valence-electron chi connectivity index (χ3n) is 11.0. The Morgan fingerprint density at radius 3 is 2.33 bits per heavy atom. The second-order valence-corrected chi connectivity index (χ2v) is 19.9. The average molecular weight is 815 g/mol. The number of rotatable bonds is 15. The van der Waals surface area contributed by atoms with Gasteiger partial charge in [-0.2, -0.15) is 20.2 Å². The number of aromatic nitrogens is 1. The molecule has 298 valence electrons. The van der Waals surface area contributed by atoms with E-state index < -0.39 is 56.4 Å². The first-order valence-electron chi connectivity index (χ1n) is 18.9. The van der Waals surface area contributed by atoms with Gasteiger partial charge in [0.2, 0.25) is 11.8 Å². The molecule has 3 aromatic rings. The van der Waals surface area contributed by atoms with Crippen molar-refractivity contribution in [1.82, 2.24) is 20.5 Å². The zero-order valence-electron chi connectivity index (χ0n) is 31.8. The van der Waals surface area contributed by atoms with Crippen LogP contribution in [0.2, 0.25) is 0 Å². The zero-order valence-corrected chi connectivity index (χ0v) is 34.2. The number of hydrogen-bond donors (Lipinski definition) is 3. The van der Waals surface area contributed by atoms with Crippen LogP contribution in [-0.2, 0) is 35.2 Å². The Hall–Kier alpha value is -3.37. The van der Waals surface area contributed by atoms with Gasteiger partial charge >= 0.3 is 0 Å².